The number of morpholine rings is 1. The lowest BCUT2D eigenvalue weighted by atomic mass is 10.1. The molecule has 128 valence electrons. The summed E-state index contributed by atoms with van der Waals surface area (Å²) in [5, 5.41) is 0.588. The van der Waals surface area contributed by atoms with Gasteiger partial charge >= 0.3 is 0 Å². The Hall–Kier alpha value is -2.34. The molecular formula is C18H23N3O3. The first-order valence-electron chi connectivity index (χ1n) is 8.19. The molecule has 1 aliphatic rings. The molecule has 0 aliphatic carbocycles. The van der Waals surface area contributed by atoms with E-state index >= 15 is 0 Å². The summed E-state index contributed by atoms with van der Waals surface area (Å²) in [6.07, 6.45) is 0. The van der Waals surface area contributed by atoms with Gasteiger partial charge in [-0.05, 0) is 31.5 Å². The number of aryl methyl sites for hydroxylation is 1. The smallest absolute Gasteiger partial charge is 0.262 e. The lowest BCUT2D eigenvalue weighted by molar-refractivity contribution is 0.121. The predicted molar refractivity (Wildman–Crippen MR) is 95.4 cm³/mol. The lowest BCUT2D eigenvalue weighted by Crippen LogP contribution is -2.40. The van der Waals surface area contributed by atoms with Crippen LogP contribution in [0.3, 0.4) is 0 Å². The Kier molecular flexibility index (Phi) is 4.57. The summed E-state index contributed by atoms with van der Waals surface area (Å²) in [5.41, 5.74) is 2.34. The third kappa shape index (κ3) is 2.89. The minimum Gasteiger partial charge on any atom is -0.494 e. The van der Waals surface area contributed by atoms with Crippen LogP contribution >= 0.6 is 0 Å². The number of nitrogens with zero attached hydrogens (tertiary/aromatic N) is 3. The third-order valence-corrected chi connectivity index (χ3v) is 4.21. The molecule has 6 nitrogen and oxygen atoms in total. The zero-order valence-electron chi connectivity index (χ0n) is 14.5. The van der Waals surface area contributed by atoms with E-state index in [-0.39, 0.29) is 5.56 Å². The molecule has 1 fully saturated rings. The van der Waals surface area contributed by atoms with Crippen LogP contribution in [0.2, 0.25) is 0 Å². The molecule has 0 unspecified atom stereocenters. The first-order chi connectivity index (χ1) is 11.5. The fraction of sp³-hybridized carbons (Fsp3) is 0.444. The molecule has 3 rings (SSSR count). The van der Waals surface area contributed by atoms with Gasteiger partial charge < -0.3 is 14.4 Å². The molecule has 0 radical (unpaired) electrons. The van der Waals surface area contributed by atoms with Crippen molar-refractivity contribution in [2.45, 2.75) is 13.8 Å². The Bertz CT molecular complexity index is 835. The van der Waals surface area contributed by atoms with Gasteiger partial charge in [0.05, 0.1) is 30.7 Å². The fourth-order valence-electron chi connectivity index (χ4n) is 3.02. The van der Waals surface area contributed by atoms with Crippen molar-refractivity contribution in [1.82, 2.24) is 9.55 Å². The monoisotopic (exact) mass is 329 g/mol. The van der Waals surface area contributed by atoms with Crippen LogP contribution in [0.1, 0.15) is 18.1 Å². The van der Waals surface area contributed by atoms with Gasteiger partial charge in [-0.25, -0.2) is 4.98 Å². The van der Waals surface area contributed by atoms with Crippen molar-refractivity contribution in [3.8, 4) is 0 Å². The quantitative estimate of drug-likeness (QED) is 0.804. The van der Waals surface area contributed by atoms with Gasteiger partial charge in [-0.2, -0.15) is 0 Å². The van der Waals surface area contributed by atoms with Gasteiger partial charge in [0.2, 0.25) is 5.95 Å². The molecule has 24 heavy (non-hydrogen) atoms. The maximum atomic E-state index is 12.9. The van der Waals surface area contributed by atoms with Crippen LogP contribution < -0.4 is 10.5 Å². The number of rotatable bonds is 4. The summed E-state index contributed by atoms with van der Waals surface area (Å²) in [4.78, 5) is 19.7. The Balaban J connectivity index is 2.24. The highest BCUT2D eigenvalue weighted by atomic mass is 16.5. The van der Waals surface area contributed by atoms with Crippen LogP contribution in [-0.2, 0) is 16.5 Å². The summed E-state index contributed by atoms with van der Waals surface area (Å²) in [5.74, 6) is 1.20. The van der Waals surface area contributed by atoms with Crippen molar-refractivity contribution in [2.75, 3.05) is 37.8 Å². The highest BCUT2D eigenvalue weighted by molar-refractivity contribution is 5.90. The Labute approximate surface area is 141 Å². The standard InChI is InChI=1S/C18H23N3O3/c1-5-24-13(3)14-10-12(2)11-15-16(14)19-18(20(4)17(15)22)21-6-8-23-9-7-21/h10-11H,3,5-9H2,1-2,4H3. The summed E-state index contributed by atoms with van der Waals surface area (Å²) < 4.78 is 12.6. The largest absolute Gasteiger partial charge is 0.494 e. The molecule has 0 atom stereocenters. The normalized spacial score (nSPS) is 14.9. The van der Waals surface area contributed by atoms with Crippen LogP contribution in [0.15, 0.2) is 23.5 Å². The average Bonchev–Trinajstić information content (AvgIpc) is 2.59. The molecule has 0 N–H and O–H groups in total. The molecule has 0 bridgehead atoms. The lowest BCUT2D eigenvalue weighted by Gasteiger charge is -2.29. The van der Waals surface area contributed by atoms with Crippen molar-refractivity contribution in [1.29, 1.82) is 0 Å². The van der Waals surface area contributed by atoms with Gasteiger partial charge in [-0.1, -0.05) is 6.58 Å². The van der Waals surface area contributed by atoms with E-state index in [0.29, 0.717) is 42.4 Å². The Morgan fingerprint density at radius 3 is 2.75 bits per heavy atom. The number of anilines is 1. The predicted octanol–water partition coefficient (Wildman–Crippen LogP) is 2.09. The zero-order valence-corrected chi connectivity index (χ0v) is 14.5. The van der Waals surface area contributed by atoms with Gasteiger partial charge in [-0.15, -0.1) is 0 Å². The van der Waals surface area contributed by atoms with E-state index in [0.717, 1.165) is 24.2 Å². The van der Waals surface area contributed by atoms with E-state index in [4.69, 9.17) is 14.5 Å². The van der Waals surface area contributed by atoms with Gasteiger partial charge in [0.15, 0.2) is 0 Å². The topological polar surface area (TPSA) is 56.6 Å². The van der Waals surface area contributed by atoms with Crippen LogP contribution in [0, 0.1) is 6.92 Å². The first kappa shape index (κ1) is 16.5. The highest BCUT2D eigenvalue weighted by Crippen LogP contribution is 2.25. The van der Waals surface area contributed by atoms with E-state index in [1.807, 2.05) is 26.0 Å². The Morgan fingerprint density at radius 2 is 2.08 bits per heavy atom. The second-order valence-electron chi connectivity index (χ2n) is 5.94. The molecular weight excluding hydrogens is 306 g/mol. The number of aromatic nitrogens is 2. The van der Waals surface area contributed by atoms with Gasteiger partial charge in [0.25, 0.3) is 5.56 Å². The van der Waals surface area contributed by atoms with E-state index in [9.17, 15) is 4.79 Å². The third-order valence-electron chi connectivity index (χ3n) is 4.21. The maximum absolute atomic E-state index is 12.9. The first-order valence-corrected chi connectivity index (χ1v) is 8.19. The van der Waals surface area contributed by atoms with Crippen molar-refractivity contribution in [3.05, 3.63) is 40.2 Å². The van der Waals surface area contributed by atoms with Gasteiger partial charge in [0.1, 0.15) is 5.76 Å². The zero-order chi connectivity index (χ0) is 17.3. The summed E-state index contributed by atoms with van der Waals surface area (Å²) >= 11 is 0. The SMILES string of the molecule is C=C(OCC)c1cc(C)cc2c(=O)n(C)c(N3CCOCC3)nc12. The molecule has 0 saturated carbocycles. The highest BCUT2D eigenvalue weighted by Gasteiger charge is 2.20. The minimum absolute atomic E-state index is 0.0595. The van der Waals surface area contributed by atoms with E-state index in [1.54, 1.807) is 11.6 Å². The van der Waals surface area contributed by atoms with E-state index < -0.39 is 0 Å². The van der Waals surface area contributed by atoms with Gasteiger partial charge in [0, 0.05) is 25.7 Å². The number of hydrogen-bond acceptors (Lipinski definition) is 5. The minimum atomic E-state index is -0.0595. The van der Waals surface area contributed by atoms with Crippen molar-refractivity contribution in [3.63, 3.8) is 0 Å². The van der Waals surface area contributed by atoms with E-state index in [1.165, 1.54) is 0 Å². The van der Waals surface area contributed by atoms with Crippen molar-refractivity contribution >= 4 is 22.6 Å². The van der Waals surface area contributed by atoms with Crippen molar-refractivity contribution < 1.29 is 9.47 Å². The second kappa shape index (κ2) is 6.65. The van der Waals surface area contributed by atoms with Crippen LogP contribution in [0.5, 0.6) is 0 Å². The number of fused-ring (bicyclic) bond motifs is 1. The molecule has 1 aromatic heterocycles. The van der Waals surface area contributed by atoms with Gasteiger partial charge in [-0.3, -0.25) is 9.36 Å². The van der Waals surface area contributed by atoms with Crippen molar-refractivity contribution in [2.24, 2.45) is 7.05 Å². The molecule has 1 aromatic carbocycles. The Morgan fingerprint density at radius 1 is 1.38 bits per heavy atom. The number of ether oxygens (including phenoxy) is 2. The van der Waals surface area contributed by atoms with Crippen LogP contribution in [-0.4, -0.2) is 42.5 Å². The number of hydrogen-bond donors (Lipinski definition) is 0. The average molecular weight is 329 g/mol. The van der Waals surface area contributed by atoms with Crippen LogP contribution in [0.4, 0.5) is 5.95 Å². The molecule has 0 amide bonds. The fourth-order valence-corrected chi connectivity index (χ4v) is 3.02. The molecule has 0 spiro atoms. The molecule has 2 heterocycles. The summed E-state index contributed by atoms with van der Waals surface area (Å²) in [7, 11) is 1.76. The molecule has 1 aliphatic heterocycles. The second-order valence-corrected chi connectivity index (χ2v) is 5.94. The molecule has 6 heteroatoms. The molecule has 1 saturated heterocycles. The van der Waals surface area contributed by atoms with Crippen LogP contribution in [0.25, 0.3) is 16.7 Å². The summed E-state index contributed by atoms with van der Waals surface area (Å²) in [6.45, 7) is 11.1. The molecule has 2 aromatic rings. The summed E-state index contributed by atoms with van der Waals surface area (Å²) in [6, 6.07) is 3.84. The number of benzene rings is 1. The van der Waals surface area contributed by atoms with E-state index in [2.05, 4.69) is 11.5 Å². The maximum Gasteiger partial charge on any atom is 0.262 e.